The van der Waals surface area contributed by atoms with Gasteiger partial charge in [-0.3, -0.25) is 0 Å². The van der Waals surface area contributed by atoms with Crippen LogP contribution in [0.2, 0.25) is 0 Å². The highest BCUT2D eigenvalue weighted by Crippen LogP contribution is 2.43. The summed E-state index contributed by atoms with van der Waals surface area (Å²) in [6, 6.07) is 15.7. The van der Waals surface area contributed by atoms with Gasteiger partial charge in [0.25, 0.3) is 0 Å². The molecule has 24 heavy (non-hydrogen) atoms. The highest BCUT2D eigenvalue weighted by molar-refractivity contribution is 5.77. The van der Waals surface area contributed by atoms with E-state index in [1.165, 1.54) is 51.8 Å². The average Bonchev–Trinajstić information content (AvgIpc) is 2.54. The lowest BCUT2D eigenvalue weighted by Crippen LogP contribution is -2.23. The SMILES string of the molecule is CC(C)=C1CCC(C)(C)c2ccc(/C=C/c3ccc(C)cc3)cc21. The molecule has 0 saturated heterocycles. The van der Waals surface area contributed by atoms with Crippen molar-refractivity contribution in [2.45, 2.75) is 52.9 Å². The largest absolute Gasteiger partial charge is 0.0726 e. The molecule has 0 N–H and O–H groups in total. The van der Waals surface area contributed by atoms with Crippen LogP contribution < -0.4 is 0 Å². The minimum Gasteiger partial charge on any atom is -0.0726 e. The maximum Gasteiger partial charge on any atom is -0.00944 e. The second-order valence-corrected chi connectivity index (χ2v) is 7.91. The molecule has 0 heterocycles. The number of benzene rings is 2. The van der Waals surface area contributed by atoms with E-state index in [-0.39, 0.29) is 5.41 Å². The van der Waals surface area contributed by atoms with Crippen LogP contribution in [0.15, 0.2) is 48.0 Å². The predicted octanol–water partition coefficient (Wildman–Crippen LogP) is 7.03. The van der Waals surface area contributed by atoms with Gasteiger partial charge < -0.3 is 0 Å². The van der Waals surface area contributed by atoms with Crippen molar-refractivity contribution >= 4 is 17.7 Å². The van der Waals surface area contributed by atoms with E-state index in [0.717, 1.165) is 0 Å². The zero-order valence-corrected chi connectivity index (χ0v) is 15.6. The lowest BCUT2D eigenvalue weighted by Gasteiger charge is -2.35. The molecule has 2 aromatic rings. The first-order valence-electron chi connectivity index (χ1n) is 8.93. The summed E-state index contributed by atoms with van der Waals surface area (Å²) in [5, 5.41) is 0. The van der Waals surface area contributed by atoms with Crippen molar-refractivity contribution in [1.29, 1.82) is 0 Å². The Morgan fingerprint density at radius 2 is 1.54 bits per heavy atom. The van der Waals surface area contributed by atoms with Gasteiger partial charge in [0.05, 0.1) is 0 Å². The summed E-state index contributed by atoms with van der Waals surface area (Å²) in [5.41, 5.74) is 10.0. The molecule has 0 unspecified atom stereocenters. The number of aryl methyl sites for hydroxylation is 1. The van der Waals surface area contributed by atoms with Gasteiger partial charge in [-0.2, -0.15) is 0 Å². The Morgan fingerprint density at radius 1 is 0.917 bits per heavy atom. The van der Waals surface area contributed by atoms with Gasteiger partial charge in [-0.15, -0.1) is 0 Å². The van der Waals surface area contributed by atoms with Gasteiger partial charge in [0.1, 0.15) is 0 Å². The smallest absolute Gasteiger partial charge is 0.00944 e. The molecule has 0 aromatic heterocycles. The van der Waals surface area contributed by atoms with Crippen molar-refractivity contribution in [3.05, 3.63) is 75.9 Å². The highest BCUT2D eigenvalue weighted by Gasteiger charge is 2.29. The number of fused-ring (bicyclic) bond motifs is 1. The third-order valence-electron chi connectivity index (χ3n) is 5.25. The Labute approximate surface area is 146 Å². The summed E-state index contributed by atoms with van der Waals surface area (Å²) >= 11 is 0. The average molecular weight is 316 g/mol. The second-order valence-electron chi connectivity index (χ2n) is 7.91. The minimum absolute atomic E-state index is 0.271. The molecular weight excluding hydrogens is 288 g/mol. The van der Waals surface area contributed by atoms with E-state index in [1.54, 1.807) is 0 Å². The van der Waals surface area contributed by atoms with E-state index < -0.39 is 0 Å². The summed E-state index contributed by atoms with van der Waals surface area (Å²) in [5.74, 6) is 0. The van der Waals surface area contributed by atoms with Crippen LogP contribution in [0, 0.1) is 6.92 Å². The fourth-order valence-corrected chi connectivity index (χ4v) is 3.60. The van der Waals surface area contributed by atoms with Crippen LogP contribution in [0.25, 0.3) is 17.7 Å². The maximum atomic E-state index is 2.38. The molecule has 2 aromatic carbocycles. The van der Waals surface area contributed by atoms with Crippen molar-refractivity contribution in [3.63, 3.8) is 0 Å². The summed E-state index contributed by atoms with van der Waals surface area (Å²) < 4.78 is 0. The monoisotopic (exact) mass is 316 g/mol. The van der Waals surface area contributed by atoms with Gasteiger partial charge in [-0.25, -0.2) is 0 Å². The summed E-state index contributed by atoms with van der Waals surface area (Å²) in [6.07, 6.45) is 6.86. The predicted molar refractivity (Wildman–Crippen MR) is 107 cm³/mol. The maximum absolute atomic E-state index is 2.38. The Kier molecular flexibility index (Phi) is 4.49. The van der Waals surface area contributed by atoms with Crippen molar-refractivity contribution in [2.24, 2.45) is 0 Å². The molecule has 1 aliphatic carbocycles. The minimum atomic E-state index is 0.271. The topological polar surface area (TPSA) is 0 Å². The quantitative estimate of drug-likeness (QED) is 0.522. The molecule has 0 fully saturated rings. The molecule has 0 heteroatoms. The molecular formula is C24H28. The lowest BCUT2D eigenvalue weighted by molar-refractivity contribution is 0.474. The van der Waals surface area contributed by atoms with Gasteiger partial charge in [0.2, 0.25) is 0 Å². The summed E-state index contributed by atoms with van der Waals surface area (Å²) in [7, 11) is 0. The Morgan fingerprint density at radius 3 is 2.21 bits per heavy atom. The second kappa shape index (κ2) is 6.43. The first-order chi connectivity index (χ1) is 11.4. The number of hydrogen-bond donors (Lipinski definition) is 0. The fraction of sp³-hybridized carbons (Fsp3) is 0.333. The van der Waals surface area contributed by atoms with E-state index in [1.807, 2.05) is 0 Å². The van der Waals surface area contributed by atoms with E-state index in [2.05, 4.69) is 89.2 Å². The third-order valence-corrected chi connectivity index (χ3v) is 5.25. The molecule has 0 radical (unpaired) electrons. The Hall–Kier alpha value is -2.08. The van der Waals surface area contributed by atoms with Crippen molar-refractivity contribution < 1.29 is 0 Å². The zero-order chi connectivity index (χ0) is 17.3. The third kappa shape index (κ3) is 3.38. The molecule has 124 valence electrons. The first kappa shape index (κ1) is 16.8. The number of allylic oxidation sites excluding steroid dienone is 2. The normalized spacial score (nSPS) is 16.3. The lowest BCUT2D eigenvalue weighted by atomic mass is 9.70. The van der Waals surface area contributed by atoms with Crippen LogP contribution in [0.5, 0.6) is 0 Å². The molecule has 3 rings (SSSR count). The fourth-order valence-electron chi connectivity index (χ4n) is 3.60. The molecule has 0 amide bonds. The molecule has 0 saturated carbocycles. The Balaban J connectivity index is 1.99. The zero-order valence-electron chi connectivity index (χ0n) is 15.6. The van der Waals surface area contributed by atoms with Crippen molar-refractivity contribution in [3.8, 4) is 0 Å². The molecule has 0 aliphatic heterocycles. The van der Waals surface area contributed by atoms with Gasteiger partial charge in [-0.05, 0) is 72.9 Å². The van der Waals surface area contributed by atoms with E-state index in [4.69, 9.17) is 0 Å². The molecule has 0 nitrogen and oxygen atoms in total. The van der Waals surface area contributed by atoms with Gasteiger partial charge >= 0.3 is 0 Å². The van der Waals surface area contributed by atoms with Gasteiger partial charge in [-0.1, -0.05) is 73.5 Å². The number of hydrogen-bond acceptors (Lipinski definition) is 0. The Bertz CT molecular complexity index is 794. The molecule has 0 spiro atoms. The first-order valence-corrected chi connectivity index (χ1v) is 8.93. The van der Waals surface area contributed by atoms with Gasteiger partial charge in [0, 0.05) is 0 Å². The van der Waals surface area contributed by atoms with Crippen LogP contribution in [-0.4, -0.2) is 0 Å². The van der Waals surface area contributed by atoms with Crippen molar-refractivity contribution in [1.82, 2.24) is 0 Å². The van der Waals surface area contributed by atoms with Crippen LogP contribution in [0.3, 0.4) is 0 Å². The van der Waals surface area contributed by atoms with Crippen molar-refractivity contribution in [2.75, 3.05) is 0 Å². The van der Waals surface area contributed by atoms with Crippen LogP contribution in [-0.2, 0) is 5.41 Å². The standard InChI is InChI=1S/C24H28/c1-17(2)21-14-15-24(4,5)23-13-12-20(16-22(21)23)11-10-19-8-6-18(3)7-9-19/h6-13,16H,14-15H2,1-5H3/b11-10+. The van der Waals surface area contributed by atoms with Crippen LogP contribution >= 0.6 is 0 Å². The van der Waals surface area contributed by atoms with E-state index >= 15 is 0 Å². The molecule has 0 atom stereocenters. The number of rotatable bonds is 2. The van der Waals surface area contributed by atoms with E-state index in [0.29, 0.717) is 0 Å². The van der Waals surface area contributed by atoms with Crippen LogP contribution in [0.4, 0.5) is 0 Å². The van der Waals surface area contributed by atoms with E-state index in [9.17, 15) is 0 Å². The van der Waals surface area contributed by atoms with Gasteiger partial charge in [0.15, 0.2) is 0 Å². The van der Waals surface area contributed by atoms with Crippen LogP contribution in [0.1, 0.15) is 68.4 Å². The highest BCUT2D eigenvalue weighted by atomic mass is 14.3. The summed E-state index contributed by atoms with van der Waals surface area (Å²) in [6.45, 7) is 11.4. The molecule has 1 aliphatic rings. The summed E-state index contributed by atoms with van der Waals surface area (Å²) in [4.78, 5) is 0. The molecule has 0 bridgehead atoms.